The molecule has 0 radical (unpaired) electrons. The lowest BCUT2D eigenvalue weighted by Crippen LogP contribution is -2.06. The van der Waals surface area contributed by atoms with Crippen molar-refractivity contribution in [3.63, 3.8) is 0 Å². The Morgan fingerprint density at radius 2 is 1.52 bits per heavy atom. The smallest absolute Gasteiger partial charge is 0.200 e. The lowest BCUT2D eigenvalue weighted by Gasteiger charge is -2.09. The first kappa shape index (κ1) is 18.8. The average Bonchev–Trinajstić information content (AvgIpc) is 3.09. The highest BCUT2D eigenvalue weighted by molar-refractivity contribution is 5.63. The number of nitrogens with two attached hydrogens (primary N) is 1. The number of pyridine rings is 2. The quantitative estimate of drug-likeness (QED) is 0.531. The summed E-state index contributed by atoms with van der Waals surface area (Å²) in [4.78, 5) is 14.0. The zero-order chi connectivity index (χ0) is 20.5. The molecule has 0 aliphatic rings. The molecule has 0 atom stereocenters. The van der Waals surface area contributed by atoms with Gasteiger partial charge in [-0.1, -0.05) is 12.1 Å². The van der Waals surface area contributed by atoms with Crippen LogP contribution in [0.1, 0.15) is 27.8 Å². The highest BCUT2D eigenvalue weighted by atomic mass is 15.4. The maximum absolute atomic E-state index is 5.97. The van der Waals surface area contributed by atoms with Gasteiger partial charge < -0.3 is 5.73 Å². The van der Waals surface area contributed by atoms with Crippen molar-refractivity contribution in [3.8, 4) is 23.0 Å². The van der Waals surface area contributed by atoms with Gasteiger partial charge in [-0.2, -0.15) is 0 Å². The van der Waals surface area contributed by atoms with Gasteiger partial charge in [-0.25, -0.2) is 9.67 Å². The second-order valence-corrected chi connectivity index (χ2v) is 7.36. The first-order valence-corrected chi connectivity index (χ1v) is 9.58. The van der Waals surface area contributed by atoms with E-state index >= 15 is 0 Å². The summed E-state index contributed by atoms with van der Waals surface area (Å²) in [6.07, 6.45) is 3.61. The number of benzene rings is 1. The molecule has 6 nitrogen and oxygen atoms in total. The molecule has 0 saturated heterocycles. The summed E-state index contributed by atoms with van der Waals surface area (Å²) < 4.78 is 1.89. The van der Waals surface area contributed by atoms with Crippen molar-refractivity contribution >= 4 is 5.69 Å². The van der Waals surface area contributed by atoms with Gasteiger partial charge in [0.15, 0.2) is 5.82 Å². The maximum Gasteiger partial charge on any atom is 0.200 e. The highest BCUT2D eigenvalue weighted by Gasteiger charge is 2.19. The Hall–Kier alpha value is -3.54. The molecule has 1 aromatic carbocycles. The molecule has 0 fully saturated rings. The lowest BCUT2D eigenvalue weighted by molar-refractivity contribution is 0.692. The van der Waals surface area contributed by atoms with E-state index in [4.69, 9.17) is 15.8 Å². The SMILES string of the molecule is Cc1ccnc(-c2nc(-c3nccc(C)c3C)n(Cc3cccc(N)c3)n2)c1C. The average molecular weight is 384 g/mol. The second kappa shape index (κ2) is 7.47. The molecule has 2 N–H and O–H groups in total. The number of hydrogen-bond acceptors (Lipinski definition) is 5. The van der Waals surface area contributed by atoms with Crippen LogP contribution < -0.4 is 5.73 Å². The number of aromatic nitrogens is 5. The Labute approximate surface area is 170 Å². The fraction of sp³-hybridized carbons (Fsp3) is 0.217. The van der Waals surface area contributed by atoms with Gasteiger partial charge in [-0.3, -0.25) is 9.97 Å². The molecule has 3 aromatic heterocycles. The molecule has 4 rings (SSSR count). The lowest BCUT2D eigenvalue weighted by atomic mass is 10.1. The monoisotopic (exact) mass is 384 g/mol. The van der Waals surface area contributed by atoms with E-state index in [-0.39, 0.29) is 0 Å². The van der Waals surface area contributed by atoms with Crippen molar-refractivity contribution in [2.24, 2.45) is 0 Å². The van der Waals surface area contributed by atoms with Crippen molar-refractivity contribution in [1.29, 1.82) is 0 Å². The number of nitrogen functional groups attached to an aromatic ring is 1. The molecule has 0 spiro atoms. The van der Waals surface area contributed by atoms with Gasteiger partial charge >= 0.3 is 0 Å². The third kappa shape index (κ3) is 3.61. The fourth-order valence-corrected chi connectivity index (χ4v) is 3.31. The maximum atomic E-state index is 5.97. The van der Waals surface area contributed by atoms with Crippen LogP contribution in [0, 0.1) is 27.7 Å². The van der Waals surface area contributed by atoms with Crippen LogP contribution in [0.2, 0.25) is 0 Å². The molecular weight excluding hydrogens is 360 g/mol. The van der Waals surface area contributed by atoms with E-state index in [1.807, 2.05) is 54.2 Å². The summed E-state index contributed by atoms with van der Waals surface area (Å²) >= 11 is 0. The molecule has 0 aliphatic carbocycles. The highest BCUT2D eigenvalue weighted by Crippen LogP contribution is 2.27. The summed E-state index contributed by atoms with van der Waals surface area (Å²) in [6, 6.07) is 11.8. The van der Waals surface area contributed by atoms with Crippen molar-refractivity contribution in [2.75, 3.05) is 5.73 Å². The third-order valence-electron chi connectivity index (χ3n) is 5.33. The summed E-state index contributed by atoms with van der Waals surface area (Å²) in [7, 11) is 0. The minimum Gasteiger partial charge on any atom is -0.399 e. The fourth-order valence-electron chi connectivity index (χ4n) is 3.31. The summed E-state index contributed by atoms with van der Waals surface area (Å²) in [5.41, 5.74) is 13.9. The van der Waals surface area contributed by atoms with Crippen molar-refractivity contribution in [3.05, 3.63) is 76.6 Å². The van der Waals surface area contributed by atoms with Crippen LogP contribution in [0.15, 0.2) is 48.8 Å². The zero-order valence-electron chi connectivity index (χ0n) is 17.1. The first-order chi connectivity index (χ1) is 13.9. The van der Waals surface area contributed by atoms with Gasteiger partial charge in [0.05, 0.1) is 6.54 Å². The Morgan fingerprint density at radius 1 is 0.862 bits per heavy atom. The Morgan fingerprint density at radius 3 is 2.21 bits per heavy atom. The van der Waals surface area contributed by atoms with Crippen LogP contribution in [0.4, 0.5) is 5.69 Å². The molecule has 3 heterocycles. The van der Waals surface area contributed by atoms with Crippen molar-refractivity contribution in [1.82, 2.24) is 24.7 Å². The standard InChI is InChI=1S/C23H24N6/c1-14-8-10-25-20(16(14)3)22-27-23(21-17(4)15(2)9-11-26-21)29(28-22)13-18-6-5-7-19(24)12-18/h5-12H,13,24H2,1-4H3. The molecule has 29 heavy (non-hydrogen) atoms. The molecule has 0 aliphatic heterocycles. The second-order valence-electron chi connectivity index (χ2n) is 7.36. The Kier molecular flexibility index (Phi) is 4.84. The number of hydrogen-bond donors (Lipinski definition) is 1. The van der Waals surface area contributed by atoms with E-state index in [9.17, 15) is 0 Å². The molecule has 0 saturated carbocycles. The van der Waals surface area contributed by atoms with E-state index in [0.717, 1.165) is 45.2 Å². The molecular formula is C23H24N6. The molecule has 0 unspecified atom stereocenters. The third-order valence-corrected chi connectivity index (χ3v) is 5.33. The van der Waals surface area contributed by atoms with Crippen molar-refractivity contribution < 1.29 is 0 Å². The molecule has 4 aromatic rings. The Bertz CT molecular complexity index is 1190. The number of anilines is 1. The molecule has 6 heteroatoms. The van der Waals surface area contributed by atoms with Crippen LogP contribution in [-0.4, -0.2) is 24.7 Å². The van der Waals surface area contributed by atoms with Gasteiger partial charge in [0, 0.05) is 18.1 Å². The normalized spacial score (nSPS) is 11.0. The summed E-state index contributed by atoms with van der Waals surface area (Å²) in [5.74, 6) is 1.33. The minimum atomic E-state index is 0.549. The number of aryl methyl sites for hydroxylation is 2. The van der Waals surface area contributed by atoms with E-state index in [0.29, 0.717) is 12.4 Å². The minimum absolute atomic E-state index is 0.549. The van der Waals surface area contributed by atoms with Crippen LogP contribution >= 0.6 is 0 Å². The predicted octanol–water partition coefficient (Wildman–Crippen LogP) is 4.27. The number of rotatable bonds is 4. The first-order valence-electron chi connectivity index (χ1n) is 9.58. The van der Waals surface area contributed by atoms with Crippen molar-refractivity contribution in [2.45, 2.75) is 34.2 Å². The van der Waals surface area contributed by atoms with Gasteiger partial charge in [0.25, 0.3) is 0 Å². The predicted molar refractivity (Wildman–Crippen MR) is 115 cm³/mol. The molecule has 0 bridgehead atoms. The number of nitrogens with zero attached hydrogens (tertiary/aromatic N) is 5. The van der Waals surface area contributed by atoms with Crippen LogP contribution in [0.3, 0.4) is 0 Å². The molecule has 146 valence electrons. The van der Waals surface area contributed by atoms with E-state index in [1.165, 1.54) is 5.56 Å². The topological polar surface area (TPSA) is 82.5 Å². The summed E-state index contributed by atoms with van der Waals surface area (Å²) in [5, 5.41) is 4.82. The Balaban J connectivity index is 1.89. The van der Waals surface area contributed by atoms with Gasteiger partial charge in [-0.05, 0) is 79.8 Å². The summed E-state index contributed by atoms with van der Waals surface area (Å²) in [6.45, 7) is 8.80. The van der Waals surface area contributed by atoms with Crippen LogP contribution in [0.5, 0.6) is 0 Å². The van der Waals surface area contributed by atoms with E-state index < -0.39 is 0 Å². The van der Waals surface area contributed by atoms with Gasteiger partial charge in [-0.15, -0.1) is 5.10 Å². The largest absolute Gasteiger partial charge is 0.399 e. The van der Waals surface area contributed by atoms with Gasteiger partial charge in [0.1, 0.15) is 11.4 Å². The zero-order valence-corrected chi connectivity index (χ0v) is 17.1. The van der Waals surface area contributed by atoms with Crippen LogP contribution in [0.25, 0.3) is 23.0 Å². The van der Waals surface area contributed by atoms with Crippen LogP contribution in [-0.2, 0) is 6.54 Å². The molecule has 0 amide bonds. The van der Waals surface area contributed by atoms with E-state index in [1.54, 1.807) is 6.20 Å². The van der Waals surface area contributed by atoms with Gasteiger partial charge in [0.2, 0.25) is 5.82 Å². The van der Waals surface area contributed by atoms with E-state index in [2.05, 4.69) is 30.7 Å².